The van der Waals surface area contributed by atoms with Crippen LogP contribution in [0.15, 0.2) is 0 Å². The van der Waals surface area contributed by atoms with Crippen molar-refractivity contribution in [3.05, 3.63) is 0 Å². The molecule has 4 saturated carbocycles. The van der Waals surface area contributed by atoms with E-state index in [9.17, 15) is 4.79 Å². The van der Waals surface area contributed by atoms with E-state index in [0.717, 1.165) is 17.8 Å². The molecule has 106 valence electrons. The summed E-state index contributed by atoms with van der Waals surface area (Å²) in [5.41, 5.74) is 0.696. The van der Waals surface area contributed by atoms with Crippen LogP contribution in [0.4, 0.5) is 0 Å². The summed E-state index contributed by atoms with van der Waals surface area (Å²) < 4.78 is 0. The SMILES string of the molecule is C[C@@]12CCC[C@H]1[C@@H]1C[C@@H]3CCC[C@](C)(C3=O)[C@@H]1CC2. The third-order valence-corrected chi connectivity index (χ3v) is 7.78. The van der Waals surface area contributed by atoms with Gasteiger partial charge in [0.2, 0.25) is 0 Å². The summed E-state index contributed by atoms with van der Waals surface area (Å²) in [4.78, 5) is 12.8. The van der Waals surface area contributed by atoms with Crippen LogP contribution in [-0.2, 0) is 4.79 Å². The lowest BCUT2D eigenvalue weighted by atomic mass is 9.45. The minimum Gasteiger partial charge on any atom is -0.299 e. The molecule has 0 N–H and O–H groups in total. The van der Waals surface area contributed by atoms with E-state index in [2.05, 4.69) is 13.8 Å². The van der Waals surface area contributed by atoms with E-state index in [-0.39, 0.29) is 5.41 Å². The first kappa shape index (κ1) is 12.4. The van der Waals surface area contributed by atoms with Crippen molar-refractivity contribution in [2.75, 3.05) is 0 Å². The van der Waals surface area contributed by atoms with Crippen LogP contribution in [0.25, 0.3) is 0 Å². The van der Waals surface area contributed by atoms with E-state index in [1.165, 1.54) is 57.8 Å². The first-order chi connectivity index (χ1) is 9.05. The summed E-state index contributed by atoms with van der Waals surface area (Å²) in [6, 6.07) is 0. The van der Waals surface area contributed by atoms with Gasteiger partial charge in [-0.1, -0.05) is 26.7 Å². The van der Waals surface area contributed by atoms with E-state index in [1.807, 2.05) is 0 Å². The molecule has 0 aromatic heterocycles. The maximum Gasteiger partial charge on any atom is 0.142 e. The Kier molecular flexibility index (Phi) is 2.52. The van der Waals surface area contributed by atoms with Gasteiger partial charge in [-0.05, 0) is 68.1 Å². The van der Waals surface area contributed by atoms with E-state index in [1.54, 1.807) is 0 Å². The summed E-state index contributed by atoms with van der Waals surface area (Å²) in [5, 5.41) is 0. The molecule has 1 heteroatoms. The molecule has 19 heavy (non-hydrogen) atoms. The average molecular weight is 260 g/mol. The third-order valence-electron chi connectivity index (χ3n) is 7.78. The fraction of sp³-hybridized carbons (Fsp3) is 0.944. The highest BCUT2D eigenvalue weighted by Gasteiger charge is 2.59. The third kappa shape index (κ3) is 1.51. The largest absolute Gasteiger partial charge is 0.299 e. The van der Waals surface area contributed by atoms with Crippen molar-refractivity contribution in [2.45, 2.75) is 71.6 Å². The van der Waals surface area contributed by atoms with Crippen LogP contribution in [0.5, 0.6) is 0 Å². The minimum absolute atomic E-state index is 0.0652. The van der Waals surface area contributed by atoms with Crippen LogP contribution in [0.1, 0.15) is 71.6 Å². The standard InChI is InChI=1S/C18H28O/c1-17-8-4-6-14(17)13-11-12-5-3-9-18(2,16(12)19)15(13)7-10-17/h12-15H,3-11H2,1-2H3/t12-,13-,14-,15+,17-,18-/m0/s1. The summed E-state index contributed by atoms with van der Waals surface area (Å²) >= 11 is 0. The van der Waals surface area contributed by atoms with Gasteiger partial charge >= 0.3 is 0 Å². The van der Waals surface area contributed by atoms with Crippen molar-refractivity contribution in [2.24, 2.45) is 34.5 Å². The number of rotatable bonds is 0. The van der Waals surface area contributed by atoms with Gasteiger partial charge in [0.25, 0.3) is 0 Å². The van der Waals surface area contributed by atoms with Crippen molar-refractivity contribution >= 4 is 5.78 Å². The van der Waals surface area contributed by atoms with Crippen molar-refractivity contribution in [3.63, 3.8) is 0 Å². The predicted octanol–water partition coefficient (Wildman–Crippen LogP) is 4.60. The number of carbonyl (C=O) groups excluding carboxylic acids is 1. The van der Waals surface area contributed by atoms with Gasteiger partial charge in [0.05, 0.1) is 0 Å². The Morgan fingerprint density at radius 2 is 1.74 bits per heavy atom. The quantitative estimate of drug-likeness (QED) is 0.622. The Hall–Kier alpha value is -0.330. The normalized spacial score (nSPS) is 56.6. The number of fused-ring (bicyclic) bond motifs is 6. The van der Waals surface area contributed by atoms with E-state index >= 15 is 0 Å². The molecule has 0 spiro atoms. The van der Waals surface area contributed by atoms with Gasteiger partial charge in [-0.15, -0.1) is 0 Å². The van der Waals surface area contributed by atoms with E-state index in [0.29, 0.717) is 17.1 Å². The van der Waals surface area contributed by atoms with Gasteiger partial charge in [0.15, 0.2) is 0 Å². The zero-order valence-electron chi connectivity index (χ0n) is 12.6. The van der Waals surface area contributed by atoms with Crippen molar-refractivity contribution in [1.82, 2.24) is 0 Å². The molecule has 0 radical (unpaired) electrons. The number of Topliss-reactive ketones (excluding diaryl/α,β-unsaturated/α-hetero) is 1. The fourth-order valence-electron chi connectivity index (χ4n) is 6.76. The number of ketones is 1. The van der Waals surface area contributed by atoms with Crippen LogP contribution in [0, 0.1) is 34.5 Å². The molecule has 0 aromatic rings. The molecule has 0 heterocycles. The van der Waals surface area contributed by atoms with Gasteiger partial charge in [-0.25, -0.2) is 0 Å². The molecule has 4 rings (SSSR count). The lowest BCUT2D eigenvalue weighted by molar-refractivity contribution is -0.157. The summed E-state index contributed by atoms with van der Waals surface area (Å²) in [6.45, 7) is 4.88. The topological polar surface area (TPSA) is 17.1 Å². The summed E-state index contributed by atoms with van der Waals surface area (Å²) in [6.07, 6.45) is 12.0. The number of hydrogen-bond acceptors (Lipinski definition) is 1. The van der Waals surface area contributed by atoms with E-state index < -0.39 is 0 Å². The smallest absolute Gasteiger partial charge is 0.142 e. The van der Waals surface area contributed by atoms with Gasteiger partial charge in [-0.3, -0.25) is 4.79 Å². The average Bonchev–Trinajstić information content (AvgIpc) is 2.75. The predicted molar refractivity (Wildman–Crippen MR) is 76.7 cm³/mol. The first-order valence-electron chi connectivity index (χ1n) is 8.59. The highest BCUT2D eigenvalue weighted by atomic mass is 16.1. The molecular formula is C18H28O. The van der Waals surface area contributed by atoms with Crippen LogP contribution in [0.2, 0.25) is 0 Å². The van der Waals surface area contributed by atoms with Crippen molar-refractivity contribution in [1.29, 1.82) is 0 Å². The van der Waals surface area contributed by atoms with Crippen molar-refractivity contribution < 1.29 is 4.79 Å². The molecule has 0 saturated heterocycles. The Labute approximate surface area is 117 Å². The molecule has 4 aliphatic rings. The Balaban J connectivity index is 1.72. The highest BCUT2D eigenvalue weighted by Crippen LogP contribution is 2.64. The van der Waals surface area contributed by atoms with Crippen LogP contribution in [-0.4, -0.2) is 5.78 Å². The van der Waals surface area contributed by atoms with Crippen LogP contribution >= 0.6 is 0 Å². The molecule has 2 bridgehead atoms. The maximum atomic E-state index is 12.8. The zero-order valence-corrected chi connectivity index (χ0v) is 12.6. The second-order valence-electron chi connectivity index (χ2n) is 8.57. The maximum absolute atomic E-state index is 12.8. The van der Waals surface area contributed by atoms with Gasteiger partial charge in [-0.2, -0.15) is 0 Å². The second kappa shape index (κ2) is 3.86. The van der Waals surface area contributed by atoms with E-state index in [4.69, 9.17) is 0 Å². The van der Waals surface area contributed by atoms with Crippen molar-refractivity contribution in [3.8, 4) is 0 Å². The van der Waals surface area contributed by atoms with Crippen LogP contribution < -0.4 is 0 Å². The fourth-order valence-corrected chi connectivity index (χ4v) is 6.76. The molecule has 0 unspecified atom stereocenters. The molecule has 1 nitrogen and oxygen atoms in total. The van der Waals surface area contributed by atoms with Gasteiger partial charge in [0, 0.05) is 11.3 Å². The molecule has 0 aromatic carbocycles. The number of hydrogen-bond donors (Lipinski definition) is 0. The molecule has 6 atom stereocenters. The second-order valence-corrected chi connectivity index (χ2v) is 8.57. The lowest BCUT2D eigenvalue weighted by Crippen LogP contribution is -2.55. The molecule has 0 amide bonds. The Morgan fingerprint density at radius 1 is 0.947 bits per heavy atom. The molecule has 4 aliphatic carbocycles. The Morgan fingerprint density at radius 3 is 2.58 bits per heavy atom. The first-order valence-corrected chi connectivity index (χ1v) is 8.59. The minimum atomic E-state index is 0.0652. The summed E-state index contributed by atoms with van der Waals surface area (Å²) in [5.74, 6) is 3.64. The molecule has 4 fully saturated rings. The monoisotopic (exact) mass is 260 g/mol. The van der Waals surface area contributed by atoms with Gasteiger partial charge < -0.3 is 0 Å². The highest BCUT2D eigenvalue weighted by molar-refractivity contribution is 5.88. The number of carbonyl (C=O) groups is 1. The molecule has 0 aliphatic heterocycles. The zero-order chi connectivity index (χ0) is 13.3. The van der Waals surface area contributed by atoms with Gasteiger partial charge in [0.1, 0.15) is 5.78 Å². The van der Waals surface area contributed by atoms with Crippen LogP contribution in [0.3, 0.4) is 0 Å². The Bertz CT molecular complexity index is 414. The molecular weight excluding hydrogens is 232 g/mol. The lowest BCUT2D eigenvalue weighted by Gasteiger charge is -2.58. The summed E-state index contributed by atoms with van der Waals surface area (Å²) in [7, 11) is 0.